The number of benzene rings is 1. The number of nitrogens with one attached hydrogen (secondary N) is 1. The Morgan fingerprint density at radius 2 is 1.76 bits per heavy atom. The van der Waals surface area contributed by atoms with Crippen molar-refractivity contribution in [3.63, 3.8) is 0 Å². The lowest BCUT2D eigenvalue weighted by Gasteiger charge is -2.23. The third-order valence-electron chi connectivity index (χ3n) is 4.51. The molecule has 21 heavy (non-hydrogen) atoms. The van der Waals surface area contributed by atoms with Gasteiger partial charge in [0.2, 0.25) is 0 Å². The Kier molecular flexibility index (Phi) is 5.15. The Labute approximate surface area is 139 Å². The quantitative estimate of drug-likeness (QED) is 0.716. The summed E-state index contributed by atoms with van der Waals surface area (Å²) >= 11 is 5.36. The van der Waals surface area contributed by atoms with E-state index in [1.165, 1.54) is 51.9 Å². The summed E-state index contributed by atoms with van der Waals surface area (Å²) in [6.45, 7) is 0. The fraction of sp³-hybridized carbons (Fsp3) is 0.444. The molecule has 1 N–H and O–H groups in total. The Morgan fingerprint density at radius 3 is 2.33 bits per heavy atom. The fourth-order valence-corrected chi connectivity index (χ4v) is 4.92. The summed E-state index contributed by atoms with van der Waals surface area (Å²) in [4.78, 5) is 1.36. The molecule has 0 bridgehead atoms. The molecule has 0 amide bonds. The van der Waals surface area contributed by atoms with E-state index < -0.39 is 0 Å². The van der Waals surface area contributed by atoms with E-state index in [1.54, 1.807) is 11.3 Å². The summed E-state index contributed by atoms with van der Waals surface area (Å²) in [6.07, 6.45) is 6.95. The average molecular weight is 364 g/mol. The zero-order valence-electron chi connectivity index (χ0n) is 12.4. The van der Waals surface area contributed by atoms with Crippen LogP contribution in [0.5, 0.6) is 0 Å². The third-order valence-corrected chi connectivity index (χ3v) is 6.20. The summed E-state index contributed by atoms with van der Waals surface area (Å²) in [6, 6.07) is 13.9. The maximum atomic E-state index is 3.56. The largest absolute Gasteiger partial charge is 0.309 e. The summed E-state index contributed by atoms with van der Waals surface area (Å²) < 4.78 is 1.19. The lowest BCUT2D eigenvalue weighted by Crippen LogP contribution is -2.16. The minimum absolute atomic E-state index is 0.293. The van der Waals surface area contributed by atoms with Crippen molar-refractivity contribution in [3.05, 3.63) is 56.2 Å². The van der Waals surface area contributed by atoms with E-state index in [0.717, 1.165) is 5.92 Å². The molecule has 3 rings (SSSR count). The molecule has 1 heterocycles. The van der Waals surface area contributed by atoms with Crippen LogP contribution in [0.15, 0.2) is 40.2 Å². The summed E-state index contributed by atoms with van der Waals surface area (Å²) in [5.41, 5.74) is 2.88. The van der Waals surface area contributed by atoms with Crippen molar-refractivity contribution >= 4 is 27.3 Å². The first-order valence-electron chi connectivity index (χ1n) is 7.80. The molecule has 1 aliphatic carbocycles. The maximum Gasteiger partial charge on any atom is 0.0702 e. The number of rotatable bonds is 4. The highest BCUT2D eigenvalue weighted by Crippen LogP contribution is 2.35. The number of halogens is 1. The van der Waals surface area contributed by atoms with E-state index in [-0.39, 0.29) is 0 Å². The molecule has 1 aromatic heterocycles. The van der Waals surface area contributed by atoms with Gasteiger partial charge in [-0.25, -0.2) is 0 Å². The van der Waals surface area contributed by atoms with Gasteiger partial charge in [-0.2, -0.15) is 0 Å². The Hall–Kier alpha value is -0.640. The third kappa shape index (κ3) is 3.58. The van der Waals surface area contributed by atoms with Gasteiger partial charge in [0.05, 0.1) is 9.83 Å². The van der Waals surface area contributed by atoms with Crippen LogP contribution in [0.4, 0.5) is 0 Å². The van der Waals surface area contributed by atoms with E-state index in [2.05, 4.69) is 57.6 Å². The molecule has 1 saturated carbocycles. The average Bonchev–Trinajstić information content (AvgIpc) is 2.96. The van der Waals surface area contributed by atoms with Crippen LogP contribution >= 0.6 is 27.3 Å². The van der Waals surface area contributed by atoms with Crippen LogP contribution in [0.2, 0.25) is 0 Å². The molecule has 0 aliphatic heterocycles. The summed E-state index contributed by atoms with van der Waals surface area (Å²) in [5, 5.41) is 3.44. The highest BCUT2D eigenvalue weighted by atomic mass is 79.9. The highest BCUT2D eigenvalue weighted by Gasteiger charge is 2.17. The SMILES string of the molecule is CNC(c1ccc(C2CCCCC2)cc1)c1ccc(Br)s1. The number of thiophene rings is 1. The lowest BCUT2D eigenvalue weighted by molar-refractivity contribution is 0.443. The van der Waals surface area contributed by atoms with Crippen molar-refractivity contribution in [2.45, 2.75) is 44.1 Å². The first-order valence-corrected chi connectivity index (χ1v) is 9.41. The molecule has 0 spiro atoms. The zero-order valence-corrected chi connectivity index (χ0v) is 14.8. The second-order valence-corrected chi connectivity index (χ2v) is 8.36. The van der Waals surface area contributed by atoms with Gasteiger partial charge in [0.15, 0.2) is 0 Å². The minimum Gasteiger partial charge on any atom is -0.309 e. The molecule has 3 heteroatoms. The fourth-order valence-electron chi connectivity index (χ4n) is 3.35. The molecular formula is C18H22BrNS. The second-order valence-electron chi connectivity index (χ2n) is 5.87. The molecule has 112 valence electrons. The Bertz CT molecular complexity index is 569. The van der Waals surface area contributed by atoms with E-state index in [0.29, 0.717) is 6.04 Å². The van der Waals surface area contributed by atoms with Crippen LogP contribution in [-0.2, 0) is 0 Å². The number of hydrogen-bond acceptors (Lipinski definition) is 2. The Morgan fingerprint density at radius 1 is 1.05 bits per heavy atom. The summed E-state index contributed by atoms with van der Waals surface area (Å²) in [5.74, 6) is 0.789. The van der Waals surface area contributed by atoms with E-state index >= 15 is 0 Å². The first kappa shape index (κ1) is 15.3. The van der Waals surface area contributed by atoms with Crippen molar-refractivity contribution < 1.29 is 0 Å². The monoisotopic (exact) mass is 363 g/mol. The highest BCUT2D eigenvalue weighted by molar-refractivity contribution is 9.11. The predicted molar refractivity (Wildman–Crippen MR) is 95.2 cm³/mol. The van der Waals surface area contributed by atoms with Gasteiger partial charge < -0.3 is 5.32 Å². The zero-order chi connectivity index (χ0) is 14.7. The van der Waals surface area contributed by atoms with Crippen molar-refractivity contribution in [2.75, 3.05) is 7.05 Å². The molecule has 1 nitrogen and oxygen atoms in total. The van der Waals surface area contributed by atoms with Crippen molar-refractivity contribution in [1.82, 2.24) is 5.32 Å². The van der Waals surface area contributed by atoms with Gasteiger partial charge in [-0.1, -0.05) is 43.5 Å². The molecule has 1 fully saturated rings. The van der Waals surface area contributed by atoms with E-state index in [9.17, 15) is 0 Å². The van der Waals surface area contributed by atoms with Crippen molar-refractivity contribution in [2.24, 2.45) is 0 Å². The normalized spacial score (nSPS) is 17.8. The van der Waals surface area contributed by atoms with Gasteiger partial charge >= 0.3 is 0 Å². The van der Waals surface area contributed by atoms with Gasteiger partial charge in [-0.15, -0.1) is 11.3 Å². The standard InChI is InChI=1S/C18H22BrNS/c1-20-18(16-11-12-17(19)21-16)15-9-7-14(8-10-15)13-5-3-2-4-6-13/h7-13,18,20H,2-6H2,1H3. The van der Waals surface area contributed by atoms with Crippen LogP contribution < -0.4 is 5.32 Å². The molecule has 2 aromatic rings. The second kappa shape index (κ2) is 7.08. The predicted octanol–water partition coefficient (Wildman–Crippen LogP) is 5.87. The molecule has 1 aromatic carbocycles. The molecule has 0 saturated heterocycles. The maximum absolute atomic E-state index is 3.56. The summed E-state index contributed by atoms with van der Waals surface area (Å²) in [7, 11) is 2.04. The first-order chi connectivity index (χ1) is 10.3. The smallest absolute Gasteiger partial charge is 0.0702 e. The van der Waals surface area contributed by atoms with Crippen molar-refractivity contribution in [1.29, 1.82) is 0 Å². The van der Waals surface area contributed by atoms with Gasteiger partial charge in [-0.05, 0) is 65.0 Å². The molecule has 1 aliphatic rings. The molecular weight excluding hydrogens is 342 g/mol. The Balaban J connectivity index is 1.78. The lowest BCUT2D eigenvalue weighted by atomic mass is 9.83. The number of hydrogen-bond donors (Lipinski definition) is 1. The van der Waals surface area contributed by atoms with Gasteiger partial charge in [0, 0.05) is 4.88 Å². The van der Waals surface area contributed by atoms with Crippen LogP contribution in [0.3, 0.4) is 0 Å². The van der Waals surface area contributed by atoms with E-state index in [4.69, 9.17) is 0 Å². The molecule has 0 radical (unpaired) electrons. The van der Waals surface area contributed by atoms with Crippen LogP contribution in [0, 0.1) is 0 Å². The van der Waals surface area contributed by atoms with E-state index in [1.807, 2.05) is 7.05 Å². The topological polar surface area (TPSA) is 12.0 Å². The van der Waals surface area contributed by atoms with Crippen LogP contribution in [0.1, 0.15) is 60.1 Å². The van der Waals surface area contributed by atoms with Gasteiger partial charge in [-0.3, -0.25) is 0 Å². The van der Waals surface area contributed by atoms with Gasteiger partial charge in [0.25, 0.3) is 0 Å². The molecule has 1 atom stereocenters. The minimum atomic E-state index is 0.293. The van der Waals surface area contributed by atoms with Gasteiger partial charge in [0.1, 0.15) is 0 Å². The van der Waals surface area contributed by atoms with Crippen molar-refractivity contribution in [3.8, 4) is 0 Å². The molecule has 1 unspecified atom stereocenters. The van der Waals surface area contributed by atoms with Crippen LogP contribution in [0.25, 0.3) is 0 Å². The van der Waals surface area contributed by atoms with Crippen LogP contribution in [-0.4, -0.2) is 7.05 Å².